The highest BCUT2D eigenvalue weighted by molar-refractivity contribution is 6.13. The molecule has 3 N–H and O–H groups in total. The van der Waals surface area contributed by atoms with Crippen molar-refractivity contribution in [2.24, 2.45) is 0 Å². The van der Waals surface area contributed by atoms with Gasteiger partial charge in [0.05, 0.1) is 17.6 Å². The summed E-state index contributed by atoms with van der Waals surface area (Å²) in [5.74, 6) is -0.369. The quantitative estimate of drug-likeness (QED) is 0.555. The van der Waals surface area contributed by atoms with Gasteiger partial charge in [0.15, 0.2) is 5.82 Å². The fourth-order valence-corrected chi connectivity index (χ4v) is 2.40. The molecule has 28 heavy (non-hydrogen) atoms. The first kappa shape index (κ1) is 19.0. The van der Waals surface area contributed by atoms with Crippen LogP contribution in [0.5, 0.6) is 0 Å². The van der Waals surface area contributed by atoms with Crippen LogP contribution < -0.4 is 16.0 Å². The van der Waals surface area contributed by atoms with Crippen molar-refractivity contribution in [2.45, 2.75) is 26.4 Å². The second-order valence-electron chi connectivity index (χ2n) is 6.95. The number of anilines is 1. The van der Waals surface area contributed by atoms with E-state index >= 15 is 0 Å². The molecule has 1 aliphatic heterocycles. The number of benzene rings is 1. The monoisotopic (exact) mass is 381 g/mol. The molecule has 1 saturated heterocycles. The fraction of sp³-hybridized carbons (Fsp3) is 0.211. The first-order valence-electron chi connectivity index (χ1n) is 8.48. The van der Waals surface area contributed by atoms with E-state index in [0.717, 1.165) is 5.56 Å². The van der Waals surface area contributed by atoms with Crippen LogP contribution >= 0.6 is 0 Å². The lowest BCUT2D eigenvalue weighted by Crippen LogP contribution is -2.27. The predicted octanol–water partition coefficient (Wildman–Crippen LogP) is 2.67. The van der Waals surface area contributed by atoms with Crippen molar-refractivity contribution >= 4 is 29.8 Å². The van der Waals surface area contributed by atoms with Gasteiger partial charge in [0, 0.05) is 11.6 Å². The van der Waals surface area contributed by atoms with E-state index in [9.17, 15) is 14.4 Å². The Hall–Kier alpha value is -3.75. The molecule has 0 saturated carbocycles. The Labute approximate surface area is 161 Å². The maximum atomic E-state index is 12.2. The third-order valence-electron chi connectivity index (χ3n) is 3.48. The smallest absolute Gasteiger partial charge is 0.412 e. The molecule has 2 heterocycles. The van der Waals surface area contributed by atoms with Crippen LogP contribution in [-0.4, -0.2) is 33.6 Å². The normalized spacial score (nSPS) is 15.2. The average Bonchev–Trinajstić information content (AvgIpc) is 2.92. The van der Waals surface area contributed by atoms with Gasteiger partial charge in [0.2, 0.25) is 0 Å². The Morgan fingerprint density at radius 1 is 1.14 bits per heavy atom. The summed E-state index contributed by atoms with van der Waals surface area (Å²) in [5.41, 5.74) is 0.906. The summed E-state index contributed by atoms with van der Waals surface area (Å²) >= 11 is 0. The van der Waals surface area contributed by atoms with Crippen molar-refractivity contribution in [1.29, 1.82) is 0 Å². The Morgan fingerprint density at radius 3 is 2.46 bits per heavy atom. The molecule has 0 spiro atoms. The molecule has 0 aliphatic carbocycles. The molecule has 1 fully saturated rings. The summed E-state index contributed by atoms with van der Waals surface area (Å²) in [6.45, 7) is 5.28. The molecule has 0 bridgehead atoms. The van der Waals surface area contributed by atoms with Gasteiger partial charge in [0.1, 0.15) is 11.3 Å². The summed E-state index contributed by atoms with van der Waals surface area (Å²) in [6, 6.07) is 8.55. The van der Waals surface area contributed by atoms with Gasteiger partial charge < -0.3 is 10.1 Å². The van der Waals surface area contributed by atoms with Crippen molar-refractivity contribution in [3.8, 4) is 11.3 Å². The molecule has 1 aromatic carbocycles. The molecular weight excluding hydrogens is 362 g/mol. The molecule has 3 rings (SSSR count). The molecule has 9 nitrogen and oxygen atoms in total. The Kier molecular flexibility index (Phi) is 5.08. The molecule has 9 heteroatoms. The van der Waals surface area contributed by atoms with E-state index in [1.54, 1.807) is 20.8 Å². The number of amides is 4. The molecule has 0 atom stereocenters. The number of hydrogen-bond donors (Lipinski definition) is 3. The fourth-order valence-electron chi connectivity index (χ4n) is 2.40. The zero-order valence-electron chi connectivity index (χ0n) is 15.6. The highest BCUT2D eigenvalue weighted by Gasteiger charge is 2.24. The van der Waals surface area contributed by atoms with Crippen LogP contribution in [0.4, 0.5) is 15.3 Å². The molecule has 1 aromatic heterocycles. The first-order valence-corrected chi connectivity index (χ1v) is 8.48. The molecule has 4 amide bonds. The maximum Gasteiger partial charge on any atom is 0.412 e. The third kappa shape index (κ3) is 4.70. The SMILES string of the molecule is CC(C)(C)OC(=O)Nc1cnc(/C=C2\NC(=O)NC2=O)nc1-c1ccccc1. The van der Waals surface area contributed by atoms with Crippen molar-refractivity contribution in [1.82, 2.24) is 20.6 Å². The van der Waals surface area contributed by atoms with Crippen LogP contribution in [0.1, 0.15) is 26.6 Å². The largest absolute Gasteiger partial charge is 0.444 e. The lowest BCUT2D eigenvalue weighted by atomic mass is 10.1. The molecule has 1 aliphatic rings. The molecule has 144 valence electrons. The van der Waals surface area contributed by atoms with Crippen LogP contribution in [-0.2, 0) is 9.53 Å². The number of rotatable bonds is 3. The van der Waals surface area contributed by atoms with E-state index in [1.165, 1.54) is 12.3 Å². The molecule has 0 radical (unpaired) electrons. The number of aromatic nitrogens is 2. The van der Waals surface area contributed by atoms with Crippen LogP contribution in [0.2, 0.25) is 0 Å². The lowest BCUT2D eigenvalue weighted by molar-refractivity contribution is -0.115. The zero-order valence-corrected chi connectivity index (χ0v) is 15.6. The van der Waals surface area contributed by atoms with Crippen LogP contribution in [0.15, 0.2) is 42.2 Å². The second-order valence-corrected chi connectivity index (χ2v) is 6.95. The van der Waals surface area contributed by atoms with Crippen molar-refractivity contribution in [3.63, 3.8) is 0 Å². The number of ether oxygens (including phenoxy) is 1. The van der Waals surface area contributed by atoms with E-state index in [4.69, 9.17) is 4.74 Å². The standard InChI is InChI=1S/C19H19N5O4/c1-19(2,3)28-18(27)22-13-10-20-14(9-12-16(25)24-17(26)21-12)23-15(13)11-7-5-4-6-8-11/h4-10H,1-3H3,(H,22,27)(H2,21,24,25,26)/b12-9-. The second kappa shape index (κ2) is 7.47. The number of hydrogen-bond acceptors (Lipinski definition) is 6. The summed E-state index contributed by atoms with van der Waals surface area (Å²) in [5, 5.41) is 7.13. The number of imide groups is 1. The summed E-state index contributed by atoms with van der Waals surface area (Å²) in [7, 11) is 0. The first-order chi connectivity index (χ1) is 13.2. The summed E-state index contributed by atoms with van der Waals surface area (Å²) in [4.78, 5) is 43.7. The number of nitrogens with one attached hydrogen (secondary N) is 3. The topological polar surface area (TPSA) is 122 Å². The van der Waals surface area contributed by atoms with Crippen molar-refractivity contribution in [2.75, 3.05) is 5.32 Å². The minimum atomic E-state index is -0.656. The minimum Gasteiger partial charge on any atom is -0.444 e. The van der Waals surface area contributed by atoms with E-state index in [-0.39, 0.29) is 11.5 Å². The minimum absolute atomic E-state index is 0.0388. The van der Waals surface area contributed by atoms with E-state index in [1.807, 2.05) is 30.3 Å². The Balaban J connectivity index is 1.96. The van der Waals surface area contributed by atoms with Gasteiger partial charge in [-0.1, -0.05) is 30.3 Å². The van der Waals surface area contributed by atoms with Gasteiger partial charge in [0.25, 0.3) is 5.91 Å². The highest BCUT2D eigenvalue weighted by Crippen LogP contribution is 2.26. The Morgan fingerprint density at radius 2 is 1.86 bits per heavy atom. The average molecular weight is 381 g/mol. The van der Waals surface area contributed by atoms with Crippen LogP contribution in [0.3, 0.4) is 0 Å². The molecular formula is C19H19N5O4. The van der Waals surface area contributed by atoms with Crippen LogP contribution in [0, 0.1) is 0 Å². The zero-order chi connectivity index (χ0) is 20.3. The van der Waals surface area contributed by atoms with E-state index in [2.05, 4.69) is 25.9 Å². The van der Waals surface area contributed by atoms with Crippen molar-refractivity contribution in [3.05, 3.63) is 48.1 Å². The number of carbonyl (C=O) groups is 3. The van der Waals surface area contributed by atoms with E-state index in [0.29, 0.717) is 11.4 Å². The van der Waals surface area contributed by atoms with Gasteiger partial charge in [-0.3, -0.25) is 15.4 Å². The van der Waals surface area contributed by atoms with Gasteiger partial charge in [-0.25, -0.2) is 19.6 Å². The van der Waals surface area contributed by atoms with Gasteiger partial charge in [-0.05, 0) is 20.8 Å². The predicted molar refractivity (Wildman–Crippen MR) is 102 cm³/mol. The lowest BCUT2D eigenvalue weighted by Gasteiger charge is -2.20. The highest BCUT2D eigenvalue weighted by atomic mass is 16.6. The van der Waals surface area contributed by atoms with Gasteiger partial charge in [-0.15, -0.1) is 0 Å². The van der Waals surface area contributed by atoms with Crippen molar-refractivity contribution < 1.29 is 19.1 Å². The summed E-state index contributed by atoms with van der Waals surface area (Å²) in [6.07, 6.45) is 2.13. The third-order valence-corrected chi connectivity index (χ3v) is 3.48. The number of carbonyl (C=O) groups excluding carboxylic acids is 3. The molecule has 0 unspecified atom stereocenters. The Bertz CT molecular complexity index is 964. The van der Waals surface area contributed by atoms with Gasteiger partial charge in [-0.2, -0.15) is 0 Å². The number of nitrogens with zero attached hydrogens (tertiary/aromatic N) is 2. The molecule has 2 aromatic rings. The maximum absolute atomic E-state index is 12.2. The summed E-state index contributed by atoms with van der Waals surface area (Å²) < 4.78 is 5.28. The number of urea groups is 1. The van der Waals surface area contributed by atoms with E-state index < -0.39 is 23.6 Å². The van der Waals surface area contributed by atoms with Gasteiger partial charge >= 0.3 is 12.1 Å². The van der Waals surface area contributed by atoms with Crippen LogP contribution in [0.25, 0.3) is 17.3 Å².